The first kappa shape index (κ1) is 22.6. The van der Waals surface area contributed by atoms with Crippen LogP contribution in [0.25, 0.3) is 0 Å². The number of carbonyl (C=O) groups is 3. The first-order chi connectivity index (χ1) is 12.8. The largest absolute Gasteiger partial charge is 0.473 e. The van der Waals surface area contributed by atoms with E-state index in [9.17, 15) is 4.79 Å². The van der Waals surface area contributed by atoms with Gasteiger partial charge >= 0.3 is 11.9 Å². The van der Waals surface area contributed by atoms with Crippen molar-refractivity contribution in [1.82, 2.24) is 14.8 Å². The minimum absolute atomic E-state index is 0.215. The number of carboxylic acids is 2. The van der Waals surface area contributed by atoms with E-state index in [1.807, 2.05) is 30.3 Å². The van der Waals surface area contributed by atoms with Crippen LogP contribution in [0, 0.1) is 5.92 Å². The molecule has 2 heterocycles. The maximum atomic E-state index is 12.4. The Hall–Kier alpha value is -2.48. The van der Waals surface area contributed by atoms with Crippen LogP contribution in [-0.2, 0) is 20.9 Å². The topological polar surface area (TPSA) is 111 Å². The molecule has 1 amide bonds. The molecule has 1 fully saturated rings. The molecule has 0 radical (unpaired) electrons. The van der Waals surface area contributed by atoms with Crippen molar-refractivity contribution in [1.29, 1.82) is 0 Å². The number of piperidine rings is 1. The van der Waals surface area contributed by atoms with Crippen LogP contribution in [0.4, 0.5) is 0 Å². The first-order valence-corrected chi connectivity index (χ1v) is 9.18. The monoisotopic (exact) mass is 379 g/mol. The van der Waals surface area contributed by atoms with E-state index in [4.69, 9.17) is 19.8 Å². The van der Waals surface area contributed by atoms with E-state index in [1.54, 1.807) is 0 Å². The van der Waals surface area contributed by atoms with Crippen molar-refractivity contribution in [3.05, 3.63) is 30.1 Å². The molecule has 150 valence electrons. The third-order valence-electron chi connectivity index (χ3n) is 4.45. The molecule has 1 aromatic rings. The second-order valence-corrected chi connectivity index (χ2v) is 6.60. The zero-order valence-electron chi connectivity index (χ0n) is 16.0. The number of hydrogen-bond donors (Lipinski definition) is 2. The van der Waals surface area contributed by atoms with Crippen LogP contribution in [0.3, 0.4) is 0 Å². The molecule has 1 aliphatic rings. The van der Waals surface area contributed by atoms with Crippen LogP contribution in [0.5, 0.6) is 0 Å². The van der Waals surface area contributed by atoms with Gasteiger partial charge in [-0.3, -0.25) is 14.7 Å². The Morgan fingerprint density at radius 2 is 1.81 bits per heavy atom. The van der Waals surface area contributed by atoms with Gasteiger partial charge in [0.25, 0.3) is 0 Å². The third kappa shape index (κ3) is 8.63. The van der Waals surface area contributed by atoms with Crippen molar-refractivity contribution in [2.75, 3.05) is 26.7 Å². The molecule has 0 bridgehead atoms. The van der Waals surface area contributed by atoms with Crippen molar-refractivity contribution < 1.29 is 24.6 Å². The van der Waals surface area contributed by atoms with Gasteiger partial charge in [-0.1, -0.05) is 19.4 Å². The Morgan fingerprint density at radius 1 is 1.19 bits per heavy atom. The van der Waals surface area contributed by atoms with Crippen molar-refractivity contribution >= 4 is 17.8 Å². The van der Waals surface area contributed by atoms with Crippen LogP contribution in [-0.4, -0.2) is 69.5 Å². The molecule has 0 spiro atoms. The minimum Gasteiger partial charge on any atom is -0.473 e. The van der Waals surface area contributed by atoms with Gasteiger partial charge in [-0.05, 0) is 44.5 Å². The first-order valence-electron chi connectivity index (χ1n) is 9.18. The van der Waals surface area contributed by atoms with E-state index >= 15 is 0 Å². The normalized spacial score (nSPS) is 14.7. The van der Waals surface area contributed by atoms with Crippen molar-refractivity contribution in [3.63, 3.8) is 0 Å². The number of carboxylic acid groups (broad SMARTS) is 2. The fourth-order valence-corrected chi connectivity index (χ4v) is 2.88. The molecule has 0 aromatic carbocycles. The summed E-state index contributed by atoms with van der Waals surface area (Å²) in [6, 6.07) is 6.04. The maximum Gasteiger partial charge on any atom is 0.414 e. The quantitative estimate of drug-likeness (QED) is 0.724. The average molecular weight is 379 g/mol. The van der Waals surface area contributed by atoms with Gasteiger partial charge in [0.15, 0.2) is 0 Å². The number of hydrogen-bond acceptors (Lipinski definition) is 5. The number of aromatic nitrogens is 1. The molecule has 0 unspecified atom stereocenters. The van der Waals surface area contributed by atoms with E-state index in [-0.39, 0.29) is 5.92 Å². The number of amides is 1. The lowest BCUT2D eigenvalue weighted by atomic mass is 9.95. The highest BCUT2D eigenvalue weighted by Gasteiger charge is 2.26. The van der Waals surface area contributed by atoms with E-state index < -0.39 is 11.9 Å². The molecule has 0 atom stereocenters. The van der Waals surface area contributed by atoms with Crippen LogP contribution >= 0.6 is 0 Å². The SMILES string of the molecule is CCCCN(C)C(=O)C1CCN(Cc2ccccn2)CC1.O=C(O)C(=O)O. The molecular weight excluding hydrogens is 350 g/mol. The highest BCUT2D eigenvalue weighted by Crippen LogP contribution is 2.20. The van der Waals surface area contributed by atoms with Gasteiger partial charge in [-0.15, -0.1) is 0 Å². The number of aliphatic carboxylic acids is 2. The molecule has 0 saturated carbocycles. The summed E-state index contributed by atoms with van der Waals surface area (Å²) in [6.45, 7) is 5.94. The molecule has 8 heteroatoms. The molecular formula is C19H29N3O5. The van der Waals surface area contributed by atoms with Crippen molar-refractivity contribution in [2.45, 2.75) is 39.2 Å². The Morgan fingerprint density at radius 3 is 2.30 bits per heavy atom. The molecule has 27 heavy (non-hydrogen) atoms. The summed E-state index contributed by atoms with van der Waals surface area (Å²) in [7, 11) is 1.94. The molecule has 1 saturated heterocycles. The predicted molar refractivity (Wildman–Crippen MR) is 100 cm³/mol. The molecule has 2 N–H and O–H groups in total. The Balaban J connectivity index is 0.000000527. The number of carbonyl (C=O) groups excluding carboxylic acids is 1. The van der Waals surface area contributed by atoms with Gasteiger partial charge in [0.1, 0.15) is 0 Å². The van der Waals surface area contributed by atoms with Crippen molar-refractivity contribution in [2.24, 2.45) is 5.92 Å². The highest BCUT2D eigenvalue weighted by atomic mass is 16.4. The van der Waals surface area contributed by atoms with E-state index in [1.165, 1.54) is 0 Å². The fourth-order valence-electron chi connectivity index (χ4n) is 2.88. The predicted octanol–water partition coefficient (Wildman–Crippen LogP) is 1.71. The number of likely N-dealkylation sites (tertiary alicyclic amines) is 1. The second kappa shape index (κ2) is 12.0. The summed E-state index contributed by atoms with van der Waals surface area (Å²) in [5.41, 5.74) is 1.11. The zero-order valence-corrected chi connectivity index (χ0v) is 16.0. The van der Waals surface area contributed by atoms with Crippen molar-refractivity contribution in [3.8, 4) is 0 Å². The number of pyridine rings is 1. The minimum atomic E-state index is -1.82. The summed E-state index contributed by atoms with van der Waals surface area (Å²) < 4.78 is 0. The number of nitrogens with zero attached hydrogens (tertiary/aromatic N) is 3. The van der Waals surface area contributed by atoms with Gasteiger partial charge in [0.05, 0.1) is 5.69 Å². The summed E-state index contributed by atoms with van der Waals surface area (Å²) in [5.74, 6) is -3.10. The van der Waals surface area contributed by atoms with Crippen LogP contribution in [0.15, 0.2) is 24.4 Å². The van der Waals surface area contributed by atoms with E-state index in [0.29, 0.717) is 5.91 Å². The van der Waals surface area contributed by atoms with Gasteiger partial charge in [-0.25, -0.2) is 9.59 Å². The van der Waals surface area contributed by atoms with Gasteiger partial charge < -0.3 is 15.1 Å². The standard InChI is InChI=1S/C17H27N3O.C2H2O4/c1-3-4-11-19(2)17(21)15-8-12-20(13-9-15)14-16-7-5-6-10-18-16;3-1(4)2(5)6/h5-7,10,15H,3-4,8-9,11-14H2,1-2H3;(H,3,4)(H,5,6). The van der Waals surface area contributed by atoms with Crippen LogP contribution in [0.1, 0.15) is 38.3 Å². The van der Waals surface area contributed by atoms with E-state index in [2.05, 4.69) is 22.9 Å². The molecule has 2 rings (SSSR count). The summed E-state index contributed by atoms with van der Waals surface area (Å²) in [5, 5.41) is 14.8. The molecule has 1 aromatic heterocycles. The van der Waals surface area contributed by atoms with Gasteiger partial charge in [0, 0.05) is 32.3 Å². The van der Waals surface area contributed by atoms with Gasteiger partial charge in [-0.2, -0.15) is 0 Å². The lowest BCUT2D eigenvalue weighted by molar-refractivity contribution is -0.159. The smallest absolute Gasteiger partial charge is 0.414 e. The zero-order chi connectivity index (χ0) is 20.2. The van der Waals surface area contributed by atoms with Gasteiger partial charge in [0.2, 0.25) is 5.91 Å². The average Bonchev–Trinajstić information content (AvgIpc) is 2.67. The lowest BCUT2D eigenvalue weighted by Gasteiger charge is -2.33. The number of unbranched alkanes of at least 4 members (excludes halogenated alkanes) is 1. The molecule has 1 aliphatic heterocycles. The fraction of sp³-hybridized carbons (Fsp3) is 0.579. The summed E-state index contributed by atoms with van der Waals surface area (Å²) in [6.07, 6.45) is 6.03. The van der Waals surface area contributed by atoms with E-state index in [0.717, 1.165) is 57.6 Å². The molecule has 8 nitrogen and oxygen atoms in total. The molecule has 0 aliphatic carbocycles. The van der Waals surface area contributed by atoms with Crippen LogP contribution < -0.4 is 0 Å². The Kier molecular flexibility index (Phi) is 10.0. The Bertz CT molecular complexity index is 589. The third-order valence-corrected chi connectivity index (χ3v) is 4.45. The lowest BCUT2D eigenvalue weighted by Crippen LogP contribution is -2.41. The number of rotatable bonds is 6. The highest BCUT2D eigenvalue weighted by molar-refractivity contribution is 6.27. The summed E-state index contributed by atoms with van der Waals surface area (Å²) in [4.78, 5) is 39.3. The summed E-state index contributed by atoms with van der Waals surface area (Å²) >= 11 is 0. The van der Waals surface area contributed by atoms with Crippen LogP contribution in [0.2, 0.25) is 0 Å². The second-order valence-electron chi connectivity index (χ2n) is 6.60. The Labute approximate surface area is 159 Å². The maximum absolute atomic E-state index is 12.4.